The Balaban J connectivity index is 1.82. The first-order chi connectivity index (χ1) is 12.6. The molecule has 26 heavy (non-hydrogen) atoms. The maximum atomic E-state index is 11.4. The van der Waals surface area contributed by atoms with Crippen LogP contribution in [0.4, 0.5) is 5.13 Å². The van der Waals surface area contributed by atoms with Crippen LogP contribution in [0.2, 0.25) is 0 Å². The number of thiazole rings is 1. The van der Waals surface area contributed by atoms with Crippen LogP contribution >= 0.6 is 11.3 Å². The van der Waals surface area contributed by atoms with E-state index < -0.39 is 0 Å². The fourth-order valence-electron chi connectivity index (χ4n) is 3.44. The van der Waals surface area contributed by atoms with Crippen LogP contribution in [0.25, 0.3) is 21.8 Å². The highest BCUT2D eigenvalue weighted by Gasteiger charge is 2.26. The van der Waals surface area contributed by atoms with Crippen LogP contribution in [0.3, 0.4) is 0 Å². The van der Waals surface area contributed by atoms with Crippen LogP contribution in [0.15, 0.2) is 18.3 Å². The summed E-state index contributed by atoms with van der Waals surface area (Å²) in [6.07, 6.45) is 5.74. The third-order valence-electron chi connectivity index (χ3n) is 4.64. The van der Waals surface area contributed by atoms with Gasteiger partial charge in [-0.15, -0.1) is 0 Å². The topological polar surface area (TPSA) is 72.7 Å². The van der Waals surface area contributed by atoms with Gasteiger partial charge in [0.25, 0.3) is 0 Å². The Morgan fingerprint density at radius 3 is 2.88 bits per heavy atom. The van der Waals surface area contributed by atoms with E-state index >= 15 is 0 Å². The molecule has 0 radical (unpaired) electrons. The molecule has 0 atom stereocenters. The number of anilines is 1. The number of nitrogens with zero attached hydrogens (tertiary/aromatic N) is 4. The van der Waals surface area contributed by atoms with Gasteiger partial charge < -0.3 is 5.32 Å². The number of fused-ring (bicyclic) bond motifs is 3. The highest BCUT2D eigenvalue weighted by molar-refractivity contribution is 7.19. The van der Waals surface area contributed by atoms with Gasteiger partial charge in [0.15, 0.2) is 5.13 Å². The molecule has 1 aliphatic rings. The molecule has 3 heterocycles. The maximum absolute atomic E-state index is 11.4. The number of carbonyl (C=O) groups is 1. The number of pyridine rings is 1. The second kappa shape index (κ2) is 6.64. The number of nitrogens with one attached hydrogen (secondary N) is 1. The number of amides is 1. The highest BCUT2D eigenvalue weighted by Crippen LogP contribution is 2.41. The van der Waals surface area contributed by atoms with Crippen LogP contribution in [0.5, 0.6) is 0 Å². The molecule has 0 aliphatic heterocycles. The number of hydrogen-bond acceptors (Lipinski definition) is 5. The molecular formula is C19H21N5OS. The van der Waals surface area contributed by atoms with E-state index in [1.807, 2.05) is 17.9 Å². The van der Waals surface area contributed by atoms with Crippen molar-refractivity contribution in [3.05, 3.63) is 35.3 Å². The van der Waals surface area contributed by atoms with Gasteiger partial charge >= 0.3 is 0 Å². The van der Waals surface area contributed by atoms with Gasteiger partial charge in [-0.2, -0.15) is 5.10 Å². The van der Waals surface area contributed by atoms with E-state index in [1.54, 1.807) is 0 Å². The smallest absolute Gasteiger partial charge is 0.223 e. The first kappa shape index (κ1) is 16.9. The second-order valence-electron chi connectivity index (χ2n) is 6.52. The molecule has 0 spiro atoms. The van der Waals surface area contributed by atoms with Crippen molar-refractivity contribution >= 4 is 22.4 Å². The van der Waals surface area contributed by atoms with E-state index in [4.69, 9.17) is 5.10 Å². The molecule has 3 aromatic rings. The molecule has 0 saturated heterocycles. The normalized spacial score (nSPS) is 13.0. The Labute approximate surface area is 156 Å². The molecule has 7 heteroatoms. The number of carbonyl (C=O) groups excluding carboxylic acids is 1. The van der Waals surface area contributed by atoms with Gasteiger partial charge in [-0.25, -0.2) is 4.98 Å². The summed E-state index contributed by atoms with van der Waals surface area (Å²) in [4.78, 5) is 21.6. The van der Waals surface area contributed by atoms with Gasteiger partial charge in [0.2, 0.25) is 5.91 Å². The van der Waals surface area contributed by atoms with Crippen molar-refractivity contribution in [2.45, 2.75) is 39.5 Å². The molecule has 3 aromatic heterocycles. The lowest BCUT2D eigenvalue weighted by Gasteiger charge is -2.03. The van der Waals surface area contributed by atoms with Gasteiger partial charge in [0.1, 0.15) is 0 Å². The van der Waals surface area contributed by atoms with Crippen molar-refractivity contribution in [1.29, 1.82) is 0 Å². The first-order valence-corrected chi connectivity index (χ1v) is 9.67. The average molecular weight is 367 g/mol. The zero-order valence-electron chi connectivity index (χ0n) is 15.2. The van der Waals surface area contributed by atoms with Gasteiger partial charge in [0, 0.05) is 37.0 Å². The van der Waals surface area contributed by atoms with Crippen molar-refractivity contribution in [2.24, 2.45) is 7.05 Å². The summed E-state index contributed by atoms with van der Waals surface area (Å²) in [6, 6.07) is 4.18. The Hall–Kier alpha value is -2.54. The summed E-state index contributed by atoms with van der Waals surface area (Å²) in [5, 5.41) is 8.27. The van der Waals surface area contributed by atoms with Crippen molar-refractivity contribution in [3.8, 4) is 21.8 Å². The lowest BCUT2D eigenvalue weighted by atomic mass is 10.0. The summed E-state index contributed by atoms with van der Waals surface area (Å²) in [7, 11) is 1.98. The zero-order valence-corrected chi connectivity index (χ0v) is 16.0. The summed E-state index contributed by atoms with van der Waals surface area (Å²) in [5.74, 6) is -0.0954. The molecule has 1 amide bonds. The van der Waals surface area contributed by atoms with Gasteiger partial charge in [-0.3, -0.25) is 14.5 Å². The summed E-state index contributed by atoms with van der Waals surface area (Å²) >= 11 is 1.53. The van der Waals surface area contributed by atoms with Gasteiger partial charge in [0.05, 0.1) is 22.0 Å². The van der Waals surface area contributed by atoms with Crippen LogP contribution in [-0.4, -0.2) is 25.7 Å². The molecule has 4 rings (SSSR count). The van der Waals surface area contributed by atoms with Crippen molar-refractivity contribution < 1.29 is 4.79 Å². The van der Waals surface area contributed by atoms with E-state index in [-0.39, 0.29) is 5.91 Å². The average Bonchev–Trinajstić information content (AvgIpc) is 3.09. The van der Waals surface area contributed by atoms with Crippen molar-refractivity contribution in [1.82, 2.24) is 19.7 Å². The number of rotatable bonds is 3. The van der Waals surface area contributed by atoms with E-state index in [0.29, 0.717) is 5.13 Å². The highest BCUT2D eigenvalue weighted by atomic mass is 32.1. The molecule has 134 valence electrons. The third kappa shape index (κ3) is 2.92. The van der Waals surface area contributed by atoms with E-state index in [0.717, 1.165) is 58.9 Å². The van der Waals surface area contributed by atoms with Gasteiger partial charge in [-0.1, -0.05) is 18.3 Å². The summed E-state index contributed by atoms with van der Waals surface area (Å²) in [5.41, 5.74) is 6.54. The Kier molecular flexibility index (Phi) is 4.32. The predicted octanol–water partition coefficient (Wildman–Crippen LogP) is 3.62. The quantitative estimate of drug-likeness (QED) is 0.767. The van der Waals surface area contributed by atoms with Crippen LogP contribution in [-0.2, 0) is 31.1 Å². The molecule has 0 aromatic carbocycles. The molecule has 0 unspecified atom stereocenters. The molecule has 0 bridgehead atoms. The largest absolute Gasteiger partial charge is 0.302 e. The Morgan fingerprint density at radius 2 is 2.19 bits per heavy atom. The summed E-state index contributed by atoms with van der Waals surface area (Å²) in [6.45, 7) is 3.61. The fourth-order valence-corrected chi connectivity index (χ4v) is 4.60. The van der Waals surface area contributed by atoms with Crippen LogP contribution in [0, 0.1) is 0 Å². The second-order valence-corrected chi connectivity index (χ2v) is 7.52. The minimum absolute atomic E-state index is 0.0954. The van der Waals surface area contributed by atoms with E-state index in [1.165, 1.54) is 23.8 Å². The number of aryl methyl sites for hydroxylation is 3. The first-order valence-electron chi connectivity index (χ1n) is 8.85. The Morgan fingerprint density at radius 1 is 1.35 bits per heavy atom. The fraction of sp³-hybridized carbons (Fsp3) is 0.368. The minimum Gasteiger partial charge on any atom is -0.302 e. The Bertz CT molecular complexity index is 971. The SMILES string of the molecule is CCc1ccc(-c2nn(C)c3c2CCCc2nc(NC(C)=O)sc2-3)cn1. The van der Waals surface area contributed by atoms with E-state index in [2.05, 4.69) is 34.3 Å². The van der Waals surface area contributed by atoms with E-state index in [9.17, 15) is 4.79 Å². The lowest BCUT2D eigenvalue weighted by Crippen LogP contribution is -2.05. The zero-order chi connectivity index (χ0) is 18.3. The van der Waals surface area contributed by atoms with Gasteiger partial charge in [-0.05, 0) is 37.8 Å². The molecular weight excluding hydrogens is 346 g/mol. The third-order valence-corrected chi connectivity index (χ3v) is 5.66. The number of aromatic nitrogens is 4. The molecule has 1 N–H and O–H groups in total. The van der Waals surface area contributed by atoms with Crippen LogP contribution in [0.1, 0.15) is 37.2 Å². The minimum atomic E-state index is -0.0954. The lowest BCUT2D eigenvalue weighted by molar-refractivity contribution is -0.114. The molecule has 0 fully saturated rings. The maximum Gasteiger partial charge on any atom is 0.223 e. The van der Waals surface area contributed by atoms with Crippen LogP contribution < -0.4 is 5.32 Å². The number of hydrogen-bond donors (Lipinski definition) is 1. The predicted molar refractivity (Wildman–Crippen MR) is 103 cm³/mol. The van der Waals surface area contributed by atoms with Crippen molar-refractivity contribution in [3.63, 3.8) is 0 Å². The van der Waals surface area contributed by atoms with Crippen molar-refractivity contribution in [2.75, 3.05) is 5.32 Å². The monoisotopic (exact) mass is 367 g/mol. The molecule has 0 saturated carbocycles. The molecule has 6 nitrogen and oxygen atoms in total. The molecule has 1 aliphatic carbocycles. The standard InChI is InChI=1S/C19H21N5OS/c1-4-13-9-8-12(10-20-13)16-14-6-5-7-15-18(17(14)24(3)23-16)26-19(22-15)21-11(2)25/h8-10H,4-7H2,1-3H3,(H,21,22,25). The summed E-state index contributed by atoms with van der Waals surface area (Å²) < 4.78 is 1.94.